The minimum Gasteiger partial charge on any atom is -0.481 e. The molecule has 1 saturated heterocycles. The summed E-state index contributed by atoms with van der Waals surface area (Å²) in [5.41, 5.74) is 0.286. The third-order valence-corrected chi connectivity index (χ3v) is 5.30. The molecule has 3 rings (SSSR count). The van der Waals surface area contributed by atoms with Gasteiger partial charge >= 0.3 is 18.0 Å². The quantitative estimate of drug-likeness (QED) is 0.697. The molecule has 2 aromatic rings. The standard InChI is InChI=1S/C22H28FN3O6/c1-22(2,3)32-21(31)25-10-8-24(9-11-25)19(20(29)30)16-13-26(7-6-18(27)28)17-12-14(23)4-5-15(16)17/h4-5,12-13,19H,6-11H2,1-3H3,(H,27,28)(H,29,30)/t19-/m1/s1. The molecule has 0 spiro atoms. The molecular formula is C22H28FN3O6. The van der Waals surface area contributed by atoms with E-state index in [2.05, 4.69) is 0 Å². The monoisotopic (exact) mass is 449 g/mol. The molecule has 1 atom stereocenters. The summed E-state index contributed by atoms with van der Waals surface area (Å²) in [6, 6.07) is 3.03. The Bertz CT molecular complexity index is 1020. The van der Waals surface area contributed by atoms with Crippen molar-refractivity contribution in [1.82, 2.24) is 14.4 Å². The Labute approximate surface area is 185 Å². The Morgan fingerprint density at radius 1 is 1.12 bits per heavy atom. The first-order chi connectivity index (χ1) is 15.0. The number of fused-ring (bicyclic) bond motifs is 1. The molecular weight excluding hydrogens is 421 g/mol. The second kappa shape index (κ2) is 9.15. The summed E-state index contributed by atoms with van der Waals surface area (Å²) in [6.07, 6.45) is 0.975. The van der Waals surface area contributed by atoms with Gasteiger partial charge in [-0.3, -0.25) is 14.5 Å². The number of piperazine rings is 1. The fraction of sp³-hybridized carbons (Fsp3) is 0.500. The maximum atomic E-state index is 13.9. The van der Waals surface area contributed by atoms with E-state index in [0.717, 1.165) is 0 Å². The molecule has 2 heterocycles. The number of benzene rings is 1. The van der Waals surface area contributed by atoms with Gasteiger partial charge in [0.25, 0.3) is 0 Å². The maximum absolute atomic E-state index is 13.9. The maximum Gasteiger partial charge on any atom is 0.410 e. The molecule has 0 saturated carbocycles. The lowest BCUT2D eigenvalue weighted by Crippen LogP contribution is -2.51. The Morgan fingerprint density at radius 2 is 1.78 bits per heavy atom. The number of nitrogens with zero attached hydrogens (tertiary/aromatic N) is 3. The Hall–Kier alpha value is -3.14. The number of carboxylic acid groups (broad SMARTS) is 2. The van der Waals surface area contributed by atoms with Crippen LogP contribution in [0.3, 0.4) is 0 Å². The Balaban J connectivity index is 1.86. The molecule has 0 aliphatic carbocycles. The molecule has 32 heavy (non-hydrogen) atoms. The van der Waals surface area contributed by atoms with Crippen molar-refractivity contribution >= 4 is 28.9 Å². The first-order valence-corrected chi connectivity index (χ1v) is 10.4. The first-order valence-electron chi connectivity index (χ1n) is 10.4. The van der Waals surface area contributed by atoms with E-state index in [1.165, 1.54) is 18.2 Å². The smallest absolute Gasteiger partial charge is 0.410 e. The van der Waals surface area contributed by atoms with Gasteiger partial charge in [-0.25, -0.2) is 9.18 Å². The molecule has 0 unspecified atom stereocenters. The van der Waals surface area contributed by atoms with Crippen LogP contribution in [0.4, 0.5) is 9.18 Å². The molecule has 0 bridgehead atoms. The van der Waals surface area contributed by atoms with Gasteiger partial charge in [0.2, 0.25) is 0 Å². The fourth-order valence-corrected chi connectivity index (χ4v) is 3.89. The van der Waals surface area contributed by atoms with Crippen LogP contribution in [0, 0.1) is 5.82 Å². The van der Waals surface area contributed by atoms with Gasteiger partial charge in [-0.2, -0.15) is 0 Å². The fourth-order valence-electron chi connectivity index (χ4n) is 3.89. The first kappa shape index (κ1) is 23.5. The number of aromatic nitrogens is 1. The van der Waals surface area contributed by atoms with Crippen molar-refractivity contribution in [2.45, 2.75) is 45.4 Å². The normalized spacial score (nSPS) is 16.2. The highest BCUT2D eigenvalue weighted by Crippen LogP contribution is 2.32. The molecule has 9 nitrogen and oxygen atoms in total. The highest BCUT2D eigenvalue weighted by Gasteiger charge is 2.34. The Morgan fingerprint density at radius 3 is 2.34 bits per heavy atom. The number of carbonyl (C=O) groups is 3. The van der Waals surface area contributed by atoms with Crippen molar-refractivity contribution in [3.05, 3.63) is 35.8 Å². The van der Waals surface area contributed by atoms with Gasteiger partial charge in [-0.1, -0.05) is 0 Å². The molecule has 1 aromatic heterocycles. The summed E-state index contributed by atoms with van der Waals surface area (Å²) in [6.45, 7) is 6.70. The summed E-state index contributed by atoms with van der Waals surface area (Å²) < 4.78 is 20.8. The van der Waals surface area contributed by atoms with Crippen LogP contribution in [0.5, 0.6) is 0 Å². The number of aryl methyl sites for hydroxylation is 1. The molecule has 1 amide bonds. The zero-order valence-corrected chi connectivity index (χ0v) is 18.4. The summed E-state index contributed by atoms with van der Waals surface area (Å²) >= 11 is 0. The molecule has 1 aromatic carbocycles. The van der Waals surface area contributed by atoms with Gasteiger partial charge in [0.1, 0.15) is 17.5 Å². The second-order valence-electron chi connectivity index (χ2n) is 8.83. The van der Waals surface area contributed by atoms with E-state index in [-0.39, 0.29) is 13.0 Å². The van der Waals surface area contributed by atoms with E-state index in [1.807, 2.05) is 0 Å². The van der Waals surface area contributed by atoms with Gasteiger partial charge in [0.05, 0.1) is 11.9 Å². The molecule has 1 aliphatic heterocycles. The summed E-state index contributed by atoms with van der Waals surface area (Å²) in [4.78, 5) is 38.9. The Kier molecular flexibility index (Phi) is 6.73. The van der Waals surface area contributed by atoms with Gasteiger partial charge in [0, 0.05) is 49.9 Å². The second-order valence-corrected chi connectivity index (χ2v) is 8.83. The third-order valence-electron chi connectivity index (χ3n) is 5.30. The number of amides is 1. The van der Waals surface area contributed by atoms with E-state index in [0.29, 0.717) is 42.6 Å². The van der Waals surface area contributed by atoms with Gasteiger partial charge in [-0.15, -0.1) is 0 Å². The predicted molar refractivity (Wildman–Crippen MR) is 114 cm³/mol. The molecule has 2 N–H and O–H groups in total. The zero-order chi connectivity index (χ0) is 23.6. The van der Waals surface area contributed by atoms with Crippen LogP contribution in [0.25, 0.3) is 10.9 Å². The predicted octanol–water partition coefficient (Wildman–Crippen LogP) is 2.93. The average Bonchev–Trinajstić information content (AvgIpc) is 3.03. The number of ether oxygens (including phenoxy) is 1. The van der Waals surface area contributed by atoms with Crippen LogP contribution >= 0.6 is 0 Å². The van der Waals surface area contributed by atoms with Gasteiger partial charge in [0.15, 0.2) is 0 Å². The number of hydrogen-bond acceptors (Lipinski definition) is 5. The molecule has 10 heteroatoms. The van der Waals surface area contributed by atoms with E-state index in [1.54, 1.807) is 41.3 Å². The van der Waals surface area contributed by atoms with E-state index in [4.69, 9.17) is 9.84 Å². The topological polar surface area (TPSA) is 112 Å². The number of carbonyl (C=O) groups excluding carboxylic acids is 1. The molecule has 1 aliphatic rings. The van der Waals surface area contributed by atoms with E-state index in [9.17, 15) is 23.9 Å². The van der Waals surface area contributed by atoms with Crippen molar-refractivity contribution < 1.29 is 33.7 Å². The van der Waals surface area contributed by atoms with Crippen LogP contribution in [-0.2, 0) is 20.9 Å². The number of rotatable bonds is 6. The van der Waals surface area contributed by atoms with Gasteiger partial charge < -0.3 is 24.4 Å². The van der Waals surface area contributed by atoms with E-state index < -0.39 is 35.5 Å². The highest BCUT2D eigenvalue weighted by atomic mass is 19.1. The molecule has 0 radical (unpaired) electrons. The number of halogens is 1. The van der Waals surface area contributed by atoms with Crippen molar-refractivity contribution in [2.24, 2.45) is 0 Å². The lowest BCUT2D eigenvalue weighted by atomic mass is 10.0. The summed E-state index contributed by atoms with van der Waals surface area (Å²) in [7, 11) is 0. The summed E-state index contributed by atoms with van der Waals surface area (Å²) in [5.74, 6) is -2.56. The van der Waals surface area contributed by atoms with Crippen LogP contribution in [0.2, 0.25) is 0 Å². The third kappa shape index (κ3) is 5.37. The lowest BCUT2D eigenvalue weighted by Gasteiger charge is -2.38. The number of carboxylic acids is 2. The van der Waals surface area contributed by atoms with Crippen molar-refractivity contribution in [3.63, 3.8) is 0 Å². The van der Waals surface area contributed by atoms with Crippen LogP contribution in [0.15, 0.2) is 24.4 Å². The van der Waals surface area contributed by atoms with Crippen LogP contribution in [-0.4, -0.2) is 74.4 Å². The minimum absolute atomic E-state index is 0.0913. The lowest BCUT2D eigenvalue weighted by molar-refractivity contribution is -0.144. The molecule has 1 fully saturated rings. The van der Waals surface area contributed by atoms with Crippen LogP contribution < -0.4 is 0 Å². The van der Waals surface area contributed by atoms with Crippen molar-refractivity contribution in [2.75, 3.05) is 26.2 Å². The molecule has 174 valence electrons. The number of aliphatic carboxylic acids is 2. The van der Waals surface area contributed by atoms with Gasteiger partial charge in [-0.05, 0) is 39.0 Å². The number of hydrogen-bond donors (Lipinski definition) is 2. The van der Waals surface area contributed by atoms with Crippen molar-refractivity contribution in [1.29, 1.82) is 0 Å². The SMILES string of the molecule is CC(C)(C)OC(=O)N1CCN([C@@H](C(=O)O)c2cn(CCC(=O)O)c3cc(F)ccc23)CC1. The largest absolute Gasteiger partial charge is 0.481 e. The average molecular weight is 449 g/mol. The summed E-state index contributed by atoms with van der Waals surface area (Å²) in [5, 5.41) is 19.6. The van der Waals surface area contributed by atoms with Crippen molar-refractivity contribution in [3.8, 4) is 0 Å². The minimum atomic E-state index is -1.07. The highest BCUT2D eigenvalue weighted by molar-refractivity contribution is 5.90. The van der Waals surface area contributed by atoms with E-state index >= 15 is 0 Å². The van der Waals surface area contributed by atoms with Crippen LogP contribution in [0.1, 0.15) is 38.8 Å². The zero-order valence-electron chi connectivity index (χ0n) is 18.4.